The van der Waals surface area contributed by atoms with Crippen LogP contribution >= 0.6 is 0 Å². The molecule has 1 saturated heterocycles. The fourth-order valence-electron chi connectivity index (χ4n) is 3.12. The van der Waals surface area contributed by atoms with Crippen molar-refractivity contribution in [2.24, 2.45) is 17.8 Å². The normalized spacial score (nSPS) is 28.1. The van der Waals surface area contributed by atoms with Gasteiger partial charge in [-0.3, -0.25) is 0 Å². The smallest absolute Gasteiger partial charge is 0.184 e. The lowest BCUT2D eigenvalue weighted by molar-refractivity contribution is -0.250. The van der Waals surface area contributed by atoms with E-state index >= 15 is 0 Å². The lowest BCUT2D eigenvalue weighted by Crippen LogP contribution is -2.39. The van der Waals surface area contributed by atoms with Crippen molar-refractivity contribution >= 4 is 0 Å². The van der Waals surface area contributed by atoms with E-state index in [4.69, 9.17) is 14.2 Å². The van der Waals surface area contributed by atoms with Crippen LogP contribution in [0.3, 0.4) is 0 Å². The molecule has 4 heteroatoms. The zero-order valence-electron chi connectivity index (χ0n) is 14.0. The van der Waals surface area contributed by atoms with Crippen LogP contribution in [0.25, 0.3) is 0 Å². The van der Waals surface area contributed by atoms with Gasteiger partial charge in [-0.1, -0.05) is 32.9 Å². The molecule has 0 spiro atoms. The second-order valence-electron chi connectivity index (χ2n) is 6.52. The van der Waals surface area contributed by atoms with Crippen molar-refractivity contribution in [1.29, 1.82) is 0 Å². The van der Waals surface area contributed by atoms with Crippen LogP contribution in [0.15, 0.2) is 24.3 Å². The number of hydrogen-bond acceptors (Lipinski definition) is 4. The summed E-state index contributed by atoms with van der Waals surface area (Å²) >= 11 is 0. The first-order valence-electron chi connectivity index (χ1n) is 8.07. The largest absolute Gasteiger partial charge is 0.497 e. The Balaban J connectivity index is 2.03. The van der Waals surface area contributed by atoms with Crippen molar-refractivity contribution in [1.82, 2.24) is 0 Å². The van der Waals surface area contributed by atoms with Crippen molar-refractivity contribution in [2.75, 3.05) is 20.3 Å². The minimum Gasteiger partial charge on any atom is -0.497 e. The Hall–Kier alpha value is -1.10. The minimum absolute atomic E-state index is 0.148. The van der Waals surface area contributed by atoms with Crippen molar-refractivity contribution in [3.05, 3.63) is 29.8 Å². The predicted octanol–water partition coefficient (Wildman–Crippen LogP) is 3.40. The summed E-state index contributed by atoms with van der Waals surface area (Å²) in [7, 11) is 1.66. The summed E-state index contributed by atoms with van der Waals surface area (Å²) in [6, 6.07) is 7.81. The van der Waals surface area contributed by atoms with Gasteiger partial charge in [0, 0.05) is 18.1 Å². The van der Waals surface area contributed by atoms with Crippen LogP contribution in [0.5, 0.6) is 5.75 Å². The summed E-state index contributed by atoms with van der Waals surface area (Å²) in [6.45, 7) is 7.35. The fourth-order valence-corrected chi connectivity index (χ4v) is 3.12. The molecule has 124 valence electrons. The molecule has 0 saturated carbocycles. The average molecular weight is 308 g/mol. The quantitative estimate of drug-likeness (QED) is 0.875. The summed E-state index contributed by atoms with van der Waals surface area (Å²) in [5, 5.41) is 9.25. The molecule has 1 heterocycles. The van der Waals surface area contributed by atoms with E-state index in [0.29, 0.717) is 24.4 Å². The highest BCUT2D eigenvalue weighted by molar-refractivity contribution is 5.28. The zero-order valence-corrected chi connectivity index (χ0v) is 14.0. The molecule has 0 radical (unpaired) electrons. The topological polar surface area (TPSA) is 47.9 Å². The lowest BCUT2D eigenvalue weighted by Gasteiger charge is -2.39. The molecule has 1 aromatic carbocycles. The van der Waals surface area contributed by atoms with Gasteiger partial charge in [-0.05, 0) is 30.4 Å². The van der Waals surface area contributed by atoms with Gasteiger partial charge in [0.1, 0.15) is 5.75 Å². The molecule has 0 aromatic heterocycles. The standard InChI is InChI=1S/C18H28O4/c1-12(10-19)9-13(2)17-14(3)11-21-18(22-17)15-5-7-16(20-4)8-6-15/h5-8,12-14,17-19H,9-11H2,1-4H3/t12-,13-,14+,17-,18+/m0/s1. The Morgan fingerprint density at radius 3 is 2.55 bits per heavy atom. The number of methoxy groups -OCH3 is 1. The van der Waals surface area contributed by atoms with Gasteiger partial charge in [-0.25, -0.2) is 0 Å². The number of hydrogen-bond donors (Lipinski definition) is 1. The zero-order chi connectivity index (χ0) is 16.1. The predicted molar refractivity (Wildman–Crippen MR) is 85.8 cm³/mol. The maximum atomic E-state index is 9.25. The number of benzene rings is 1. The van der Waals surface area contributed by atoms with Gasteiger partial charge in [0.2, 0.25) is 0 Å². The van der Waals surface area contributed by atoms with Gasteiger partial charge in [0.15, 0.2) is 6.29 Å². The van der Waals surface area contributed by atoms with Crippen molar-refractivity contribution < 1.29 is 19.3 Å². The van der Waals surface area contributed by atoms with E-state index in [2.05, 4.69) is 20.8 Å². The van der Waals surface area contributed by atoms with Crippen molar-refractivity contribution in [3.63, 3.8) is 0 Å². The molecule has 0 unspecified atom stereocenters. The maximum absolute atomic E-state index is 9.25. The lowest BCUT2D eigenvalue weighted by atomic mass is 9.86. The van der Waals surface area contributed by atoms with Crippen LogP contribution in [0.1, 0.15) is 39.0 Å². The van der Waals surface area contributed by atoms with E-state index in [1.54, 1.807) is 7.11 Å². The molecule has 0 amide bonds. The summed E-state index contributed by atoms with van der Waals surface area (Å²) < 4.78 is 17.3. The number of ether oxygens (including phenoxy) is 3. The first-order valence-corrected chi connectivity index (χ1v) is 8.07. The Morgan fingerprint density at radius 2 is 1.95 bits per heavy atom. The van der Waals surface area contributed by atoms with Crippen LogP contribution in [0, 0.1) is 17.8 Å². The Labute approximate surface area is 133 Å². The van der Waals surface area contributed by atoms with Gasteiger partial charge in [0.25, 0.3) is 0 Å². The molecule has 1 N–H and O–H groups in total. The molecular formula is C18H28O4. The van der Waals surface area contributed by atoms with E-state index in [-0.39, 0.29) is 19.0 Å². The van der Waals surface area contributed by atoms with Crippen LogP contribution in [-0.4, -0.2) is 31.5 Å². The maximum Gasteiger partial charge on any atom is 0.184 e. The Kier molecular flexibility index (Phi) is 6.24. The third-order valence-electron chi connectivity index (χ3n) is 4.39. The monoisotopic (exact) mass is 308 g/mol. The second kappa shape index (κ2) is 7.95. The number of aliphatic hydroxyl groups is 1. The molecule has 2 rings (SSSR count). The molecule has 1 aliphatic heterocycles. The Morgan fingerprint density at radius 1 is 1.27 bits per heavy atom. The number of aliphatic hydroxyl groups excluding tert-OH is 1. The second-order valence-corrected chi connectivity index (χ2v) is 6.52. The van der Waals surface area contributed by atoms with Crippen LogP contribution in [-0.2, 0) is 9.47 Å². The third-order valence-corrected chi connectivity index (χ3v) is 4.39. The van der Waals surface area contributed by atoms with Gasteiger partial charge in [0.05, 0.1) is 19.8 Å². The van der Waals surface area contributed by atoms with Gasteiger partial charge in [-0.2, -0.15) is 0 Å². The molecule has 0 aliphatic carbocycles. The van der Waals surface area contributed by atoms with E-state index in [1.807, 2.05) is 24.3 Å². The van der Waals surface area contributed by atoms with Crippen LogP contribution < -0.4 is 4.74 Å². The molecular weight excluding hydrogens is 280 g/mol. The fraction of sp³-hybridized carbons (Fsp3) is 0.667. The molecule has 22 heavy (non-hydrogen) atoms. The van der Waals surface area contributed by atoms with Gasteiger partial charge < -0.3 is 19.3 Å². The van der Waals surface area contributed by atoms with E-state index in [1.165, 1.54) is 0 Å². The third kappa shape index (κ3) is 4.22. The van der Waals surface area contributed by atoms with Gasteiger partial charge >= 0.3 is 0 Å². The summed E-state index contributed by atoms with van der Waals surface area (Å²) in [5.41, 5.74) is 1.01. The summed E-state index contributed by atoms with van der Waals surface area (Å²) in [5.74, 6) is 1.87. The first kappa shape index (κ1) is 17.3. The van der Waals surface area contributed by atoms with E-state index < -0.39 is 0 Å². The average Bonchev–Trinajstić information content (AvgIpc) is 2.55. The molecule has 4 nitrogen and oxygen atoms in total. The van der Waals surface area contributed by atoms with E-state index in [0.717, 1.165) is 17.7 Å². The first-order chi connectivity index (χ1) is 10.5. The van der Waals surface area contributed by atoms with Crippen molar-refractivity contribution in [2.45, 2.75) is 39.6 Å². The molecule has 1 aromatic rings. The molecule has 5 atom stereocenters. The highest BCUT2D eigenvalue weighted by Crippen LogP contribution is 2.34. The van der Waals surface area contributed by atoms with Gasteiger partial charge in [-0.15, -0.1) is 0 Å². The van der Waals surface area contributed by atoms with Crippen molar-refractivity contribution in [3.8, 4) is 5.75 Å². The molecule has 1 aliphatic rings. The molecule has 1 fully saturated rings. The molecule has 0 bridgehead atoms. The van der Waals surface area contributed by atoms with Crippen LogP contribution in [0.4, 0.5) is 0 Å². The minimum atomic E-state index is -0.320. The summed E-state index contributed by atoms with van der Waals surface area (Å²) in [6.07, 6.45) is 0.787. The number of rotatable bonds is 6. The highest BCUT2D eigenvalue weighted by atomic mass is 16.7. The summed E-state index contributed by atoms with van der Waals surface area (Å²) in [4.78, 5) is 0. The highest BCUT2D eigenvalue weighted by Gasteiger charge is 2.34. The van der Waals surface area contributed by atoms with Crippen LogP contribution in [0.2, 0.25) is 0 Å². The van der Waals surface area contributed by atoms with E-state index in [9.17, 15) is 5.11 Å². The SMILES string of the molecule is COc1ccc([C@@H]2OC[C@@H](C)[C@H]([C@@H](C)C[C@H](C)CO)O2)cc1. The Bertz CT molecular complexity index is 445.